The summed E-state index contributed by atoms with van der Waals surface area (Å²) in [5.41, 5.74) is 2.62. The van der Waals surface area contributed by atoms with Gasteiger partial charge < -0.3 is 14.8 Å². The zero-order chi connectivity index (χ0) is 24.8. The number of ether oxygens (including phenoxy) is 2. The summed E-state index contributed by atoms with van der Waals surface area (Å²) in [4.78, 5) is 32.1. The molecule has 180 valence electrons. The van der Waals surface area contributed by atoms with Crippen LogP contribution < -0.4 is 25.7 Å². The van der Waals surface area contributed by atoms with Crippen LogP contribution in [0, 0.1) is 0 Å². The molecule has 2 aromatic carbocycles. The third kappa shape index (κ3) is 5.49. The van der Waals surface area contributed by atoms with Crippen molar-refractivity contribution in [3.05, 3.63) is 82.3 Å². The minimum absolute atomic E-state index is 0.215. The van der Waals surface area contributed by atoms with Crippen molar-refractivity contribution >= 4 is 11.8 Å². The molecule has 35 heavy (non-hydrogen) atoms. The predicted molar refractivity (Wildman–Crippen MR) is 132 cm³/mol. The summed E-state index contributed by atoms with van der Waals surface area (Å²) in [5.74, 6) is 1.74. The van der Waals surface area contributed by atoms with Gasteiger partial charge in [-0.1, -0.05) is 43.3 Å². The van der Waals surface area contributed by atoms with Gasteiger partial charge in [-0.25, -0.2) is 9.78 Å². The average Bonchev–Trinajstić information content (AvgIpc) is 3.31. The number of H-pyrrole nitrogens is 1. The Bertz CT molecular complexity index is 1380. The van der Waals surface area contributed by atoms with E-state index in [0.29, 0.717) is 35.1 Å². The third-order valence-electron chi connectivity index (χ3n) is 5.27. The van der Waals surface area contributed by atoms with Gasteiger partial charge in [0.2, 0.25) is 5.95 Å². The van der Waals surface area contributed by atoms with Crippen LogP contribution in [0.25, 0.3) is 17.2 Å². The number of nitrogens with zero attached hydrogens (tertiary/aromatic N) is 3. The van der Waals surface area contributed by atoms with E-state index in [0.717, 1.165) is 11.1 Å². The Balaban J connectivity index is 1.59. The lowest BCUT2D eigenvalue weighted by Crippen LogP contribution is -2.29. The third-order valence-corrected chi connectivity index (χ3v) is 5.27. The molecule has 3 N–H and O–H groups in total. The second-order valence-electron chi connectivity index (χ2n) is 7.60. The lowest BCUT2D eigenvalue weighted by atomic mass is 10.2. The number of urea groups is 1. The molecule has 2 amide bonds. The van der Waals surface area contributed by atoms with Gasteiger partial charge in [-0.2, -0.15) is 9.78 Å². The van der Waals surface area contributed by atoms with Gasteiger partial charge >= 0.3 is 6.03 Å². The minimum Gasteiger partial charge on any atom is -0.493 e. The number of carbonyl (C=O) groups excluding carboxylic acids is 1. The van der Waals surface area contributed by atoms with E-state index < -0.39 is 6.03 Å². The van der Waals surface area contributed by atoms with Crippen molar-refractivity contribution in [2.45, 2.75) is 19.9 Å². The molecule has 0 aliphatic heterocycles. The predicted octanol–water partition coefficient (Wildman–Crippen LogP) is 3.52. The van der Waals surface area contributed by atoms with E-state index in [2.05, 4.69) is 25.7 Å². The van der Waals surface area contributed by atoms with Crippen molar-refractivity contribution in [2.24, 2.45) is 0 Å². The molecule has 0 bridgehead atoms. The number of aryl methyl sites for hydroxylation is 1. The van der Waals surface area contributed by atoms with Gasteiger partial charge in [-0.05, 0) is 24.1 Å². The molecule has 0 saturated carbocycles. The van der Waals surface area contributed by atoms with Gasteiger partial charge in [-0.15, -0.1) is 0 Å². The molecule has 4 aromatic rings. The maximum Gasteiger partial charge on any atom is 0.320 e. The average molecular weight is 475 g/mol. The van der Waals surface area contributed by atoms with Gasteiger partial charge in [0.25, 0.3) is 5.56 Å². The van der Waals surface area contributed by atoms with Gasteiger partial charge in [0.05, 0.1) is 19.9 Å². The van der Waals surface area contributed by atoms with E-state index in [9.17, 15) is 9.59 Å². The zero-order valence-electron chi connectivity index (χ0n) is 19.7. The Labute approximate surface area is 201 Å². The number of aromatic nitrogens is 4. The monoisotopic (exact) mass is 474 g/mol. The molecule has 0 saturated heterocycles. The Morgan fingerprint density at radius 2 is 1.80 bits per heavy atom. The normalized spacial score (nSPS) is 10.6. The van der Waals surface area contributed by atoms with E-state index in [1.54, 1.807) is 32.4 Å². The molecule has 2 heterocycles. The van der Waals surface area contributed by atoms with E-state index in [1.165, 1.54) is 10.7 Å². The van der Waals surface area contributed by atoms with E-state index >= 15 is 0 Å². The Hall–Kier alpha value is -4.60. The van der Waals surface area contributed by atoms with Gasteiger partial charge in [0, 0.05) is 29.9 Å². The second kappa shape index (κ2) is 10.6. The molecule has 10 heteroatoms. The molecule has 0 aliphatic rings. The molecule has 0 fully saturated rings. The number of hydrogen-bond donors (Lipinski definition) is 3. The zero-order valence-corrected chi connectivity index (χ0v) is 19.7. The summed E-state index contributed by atoms with van der Waals surface area (Å²) in [6.45, 7) is 2.16. The maximum atomic E-state index is 12.8. The van der Waals surface area contributed by atoms with E-state index in [-0.39, 0.29) is 18.1 Å². The lowest BCUT2D eigenvalue weighted by Gasteiger charge is -2.12. The molecular formula is C25H26N6O4. The number of hydrogen-bond acceptors (Lipinski definition) is 6. The highest BCUT2D eigenvalue weighted by Crippen LogP contribution is 2.27. The number of aromatic amines is 1. The molecule has 0 spiro atoms. The molecule has 0 atom stereocenters. The van der Waals surface area contributed by atoms with Crippen LogP contribution in [-0.2, 0) is 13.0 Å². The second-order valence-corrected chi connectivity index (χ2v) is 7.60. The summed E-state index contributed by atoms with van der Waals surface area (Å²) in [6, 6.07) is 17.6. The van der Waals surface area contributed by atoms with Gasteiger partial charge in [0.1, 0.15) is 5.82 Å². The summed E-state index contributed by atoms with van der Waals surface area (Å²) in [6.07, 6.45) is 0.582. The molecule has 10 nitrogen and oxygen atoms in total. The first kappa shape index (κ1) is 23.6. The van der Waals surface area contributed by atoms with Crippen molar-refractivity contribution in [3.8, 4) is 28.7 Å². The largest absolute Gasteiger partial charge is 0.493 e. The molecular weight excluding hydrogens is 448 g/mol. The molecule has 2 aromatic heterocycles. The Kier molecular flexibility index (Phi) is 7.10. The number of rotatable bonds is 8. The summed E-state index contributed by atoms with van der Waals surface area (Å²) in [5, 5.41) is 10.2. The van der Waals surface area contributed by atoms with Crippen LogP contribution in [0.4, 0.5) is 10.6 Å². The topological polar surface area (TPSA) is 123 Å². The van der Waals surface area contributed by atoms with E-state index in [4.69, 9.17) is 9.47 Å². The minimum atomic E-state index is -0.450. The number of nitrogens with one attached hydrogen (secondary N) is 3. The molecule has 0 radical (unpaired) electrons. The number of amides is 2. The van der Waals surface area contributed by atoms with Crippen molar-refractivity contribution in [1.82, 2.24) is 25.1 Å². The highest BCUT2D eigenvalue weighted by molar-refractivity contribution is 5.89. The number of methoxy groups -OCH3 is 2. The van der Waals surface area contributed by atoms with Crippen molar-refractivity contribution < 1.29 is 14.3 Å². The summed E-state index contributed by atoms with van der Waals surface area (Å²) in [7, 11) is 3.12. The van der Waals surface area contributed by atoms with Crippen LogP contribution in [0.3, 0.4) is 0 Å². The fourth-order valence-corrected chi connectivity index (χ4v) is 3.49. The molecule has 0 aliphatic carbocycles. The maximum absolute atomic E-state index is 12.8. The van der Waals surface area contributed by atoms with E-state index in [1.807, 2.05) is 43.3 Å². The van der Waals surface area contributed by atoms with Crippen molar-refractivity contribution in [2.75, 3.05) is 19.5 Å². The number of anilines is 1. The number of carbonyl (C=O) groups is 1. The standard InChI is InChI=1S/C25H26N6O4/c1-4-18-13-23(32)29-24(27-18)31-22(14-19(30-31)17-8-6-5-7-9-17)28-25(33)26-15-16-10-11-20(34-2)21(12-16)35-3/h5-14H,4,15H2,1-3H3,(H2,26,28,33)(H,27,29,32). The fraction of sp³-hybridized carbons (Fsp3) is 0.200. The van der Waals surface area contributed by atoms with Crippen LogP contribution in [0.15, 0.2) is 65.5 Å². The highest BCUT2D eigenvalue weighted by atomic mass is 16.5. The summed E-state index contributed by atoms with van der Waals surface area (Å²) < 4.78 is 12.0. The lowest BCUT2D eigenvalue weighted by molar-refractivity contribution is 0.251. The van der Waals surface area contributed by atoms with Gasteiger partial charge in [0.15, 0.2) is 11.5 Å². The summed E-state index contributed by atoms with van der Waals surface area (Å²) >= 11 is 0. The molecule has 0 unspecified atom stereocenters. The van der Waals surface area contributed by atoms with Crippen LogP contribution >= 0.6 is 0 Å². The van der Waals surface area contributed by atoms with Crippen molar-refractivity contribution in [1.29, 1.82) is 0 Å². The van der Waals surface area contributed by atoms with Crippen LogP contribution in [-0.4, -0.2) is 40.0 Å². The Morgan fingerprint density at radius 1 is 1.03 bits per heavy atom. The Morgan fingerprint density at radius 3 is 2.51 bits per heavy atom. The molecule has 4 rings (SSSR count). The van der Waals surface area contributed by atoms with Gasteiger partial charge in [-0.3, -0.25) is 15.1 Å². The van der Waals surface area contributed by atoms with Crippen LogP contribution in [0.2, 0.25) is 0 Å². The highest BCUT2D eigenvalue weighted by Gasteiger charge is 2.16. The fourth-order valence-electron chi connectivity index (χ4n) is 3.49. The first-order valence-corrected chi connectivity index (χ1v) is 11.0. The first-order valence-electron chi connectivity index (χ1n) is 11.0. The first-order chi connectivity index (χ1) is 17.0. The van der Waals surface area contributed by atoms with Crippen molar-refractivity contribution in [3.63, 3.8) is 0 Å². The number of benzene rings is 2. The quantitative estimate of drug-likeness (QED) is 0.359. The SMILES string of the molecule is CCc1cc(=O)[nH]c(-n2nc(-c3ccccc3)cc2NC(=O)NCc2ccc(OC)c(OC)c2)n1. The van der Waals surface area contributed by atoms with Crippen LogP contribution in [0.5, 0.6) is 11.5 Å². The smallest absolute Gasteiger partial charge is 0.320 e. The van der Waals surface area contributed by atoms with Crippen LogP contribution in [0.1, 0.15) is 18.2 Å².